The maximum absolute atomic E-state index is 13.6. The first-order valence-electron chi connectivity index (χ1n) is 6.48. The second-order valence-corrected chi connectivity index (χ2v) is 4.82. The molecule has 1 atom stereocenters. The number of amides is 1. The highest BCUT2D eigenvalue weighted by atomic mass is 19.1. The minimum atomic E-state index is -0.806. The molecule has 110 valence electrons. The first kappa shape index (κ1) is 15.1. The maximum atomic E-state index is 13.6. The smallest absolute Gasteiger partial charge is 0.244 e. The fraction of sp³-hybridized carbons (Fsp3) is 0.188. The molecule has 0 heterocycles. The van der Waals surface area contributed by atoms with Gasteiger partial charge in [-0.25, -0.2) is 8.78 Å². The molecule has 0 fully saturated rings. The summed E-state index contributed by atoms with van der Waals surface area (Å²) in [5.41, 5.74) is 6.84. The van der Waals surface area contributed by atoms with E-state index in [0.717, 1.165) is 12.1 Å². The number of hydrogen-bond acceptors (Lipinski definition) is 2. The third-order valence-corrected chi connectivity index (χ3v) is 3.22. The molecule has 0 spiro atoms. The van der Waals surface area contributed by atoms with E-state index in [4.69, 9.17) is 5.73 Å². The Morgan fingerprint density at radius 1 is 1.19 bits per heavy atom. The fourth-order valence-corrected chi connectivity index (χ4v) is 2.02. The van der Waals surface area contributed by atoms with Crippen molar-refractivity contribution in [3.05, 3.63) is 71.3 Å². The van der Waals surface area contributed by atoms with Gasteiger partial charge in [0.1, 0.15) is 17.7 Å². The third kappa shape index (κ3) is 3.64. The number of rotatable bonds is 4. The topological polar surface area (TPSA) is 46.3 Å². The number of likely N-dealkylation sites (N-methyl/N-ethyl adjacent to an activating group) is 1. The highest BCUT2D eigenvalue weighted by Gasteiger charge is 2.20. The Bertz CT molecular complexity index is 631. The van der Waals surface area contributed by atoms with Crippen LogP contribution in [0.15, 0.2) is 48.5 Å². The summed E-state index contributed by atoms with van der Waals surface area (Å²) in [5.74, 6) is -1.65. The maximum Gasteiger partial charge on any atom is 0.244 e. The summed E-state index contributed by atoms with van der Waals surface area (Å²) in [5, 5.41) is 0. The lowest BCUT2D eigenvalue weighted by Gasteiger charge is -2.22. The van der Waals surface area contributed by atoms with Gasteiger partial charge in [-0.05, 0) is 11.6 Å². The normalized spacial score (nSPS) is 12.0. The van der Waals surface area contributed by atoms with E-state index in [2.05, 4.69) is 0 Å². The number of nitrogens with zero attached hydrogens (tertiary/aromatic N) is 1. The molecule has 0 aliphatic heterocycles. The predicted octanol–water partition coefficient (Wildman–Crippen LogP) is 2.62. The molecule has 2 N–H and O–H groups in total. The largest absolute Gasteiger partial charge is 0.340 e. The van der Waals surface area contributed by atoms with Gasteiger partial charge in [0.05, 0.1) is 0 Å². The molecule has 0 aromatic heterocycles. The first-order chi connectivity index (χ1) is 9.99. The molecule has 0 aliphatic rings. The minimum absolute atomic E-state index is 0.0332. The Labute approximate surface area is 122 Å². The van der Waals surface area contributed by atoms with Crippen LogP contribution >= 0.6 is 0 Å². The summed E-state index contributed by atoms with van der Waals surface area (Å²) in [6.07, 6.45) is 0. The van der Waals surface area contributed by atoms with Crippen molar-refractivity contribution in [2.24, 2.45) is 5.73 Å². The van der Waals surface area contributed by atoms with Crippen LogP contribution in [0.5, 0.6) is 0 Å². The lowest BCUT2D eigenvalue weighted by molar-refractivity contribution is -0.132. The van der Waals surface area contributed by atoms with Crippen molar-refractivity contribution in [3.8, 4) is 0 Å². The van der Waals surface area contributed by atoms with Crippen molar-refractivity contribution in [2.45, 2.75) is 12.6 Å². The number of hydrogen-bond donors (Lipinski definition) is 1. The highest BCUT2D eigenvalue weighted by molar-refractivity contribution is 5.82. The van der Waals surface area contributed by atoms with Gasteiger partial charge in [-0.3, -0.25) is 4.79 Å². The molecule has 2 aromatic carbocycles. The standard InChI is InChI=1S/C16H16F2N2O/c1-20(10-12-7-8-13(17)9-14(12)18)16(21)15(19)11-5-3-2-4-6-11/h2-9,15H,10,19H2,1H3/t15-/m0/s1. The molecule has 2 rings (SSSR count). The summed E-state index contributed by atoms with van der Waals surface area (Å²) < 4.78 is 26.4. The minimum Gasteiger partial charge on any atom is -0.340 e. The van der Waals surface area contributed by atoms with Crippen LogP contribution in [0.4, 0.5) is 8.78 Å². The zero-order valence-electron chi connectivity index (χ0n) is 11.6. The average molecular weight is 290 g/mol. The number of nitrogens with two attached hydrogens (primary N) is 1. The molecule has 0 unspecified atom stereocenters. The summed E-state index contributed by atoms with van der Waals surface area (Å²) in [7, 11) is 1.54. The van der Waals surface area contributed by atoms with E-state index in [0.29, 0.717) is 5.56 Å². The second-order valence-electron chi connectivity index (χ2n) is 4.82. The zero-order chi connectivity index (χ0) is 15.4. The average Bonchev–Trinajstić information content (AvgIpc) is 2.49. The van der Waals surface area contributed by atoms with Crippen molar-refractivity contribution in [1.29, 1.82) is 0 Å². The molecule has 0 aliphatic carbocycles. The SMILES string of the molecule is CN(Cc1ccc(F)cc1F)C(=O)[C@@H](N)c1ccccc1. The number of benzene rings is 2. The van der Waals surface area contributed by atoms with Crippen molar-refractivity contribution in [2.75, 3.05) is 7.05 Å². The van der Waals surface area contributed by atoms with Crippen molar-refractivity contribution >= 4 is 5.91 Å². The molecule has 5 heteroatoms. The summed E-state index contributed by atoms with van der Waals surface area (Å²) in [6.45, 7) is 0.0332. The van der Waals surface area contributed by atoms with Crippen LogP contribution in [0, 0.1) is 11.6 Å². The number of carbonyl (C=O) groups is 1. The van der Waals surface area contributed by atoms with Crippen LogP contribution in [0.3, 0.4) is 0 Å². The first-order valence-corrected chi connectivity index (χ1v) is 6.48. The Morgan fingerprint density at radius 3 is 2.48 bits per heavy atom. The van der Waals surface area contributed by atoms with Crippen molar-refractivity contribution in [1.82, 2.24) is 4.90 Å². The van der Waals surface area contributed by atoms with Crippen LogP contribution in [0.1, 0.15) is 17.2 Å². The molecule has 0 saturated heterocycles. The van der Waals surface area contributed by atoms with E-state index >= 15 is 0 Å². The van der Waals surface area contributed by atoms with E-state index < -0.39 is 17.7 Å². The Morgan fingerprint density at radius 2 is 1.86 bits per heavy atom. The Kier molecular flexibility index (Phi) is 4.65. The van der Waals surface area contributed by atoms with Gasteiger partial charge in [-0.15, -0.1) is 0 Å². The number of carbonyl (C=O) groups excluding carboxylic acids is 1. The molecule has 1 amide bonds. The van der Waals surface area contributed by atoms with Crippen LogP contribution in [-0.4, -0.2) is 17.9 Å². The zero-order valence-corrected chi connectivity index (χ0v) is 11.6. The van der Waals surface area contributed by atoms with Gasteiger partial charge in [-0.2, -0.15) is 0 Å². The summed E-state index contributed by atoms with van der Waals surface area (Å²) >= 11 is 0. The lowest BCUT2D eigenvalue weighted by Crippen LogP contribution is -2.35. The molecular weight excluding hydrogens is 274 g/mol. The van der Waals surface area contributed by atoms with E-state index in [1.807, 2.05) is 6.07 Å². The second kappa shape index (κ2) is 6.45. The van der Waals surface area contributed by atoms with Gasteiger partial charge < -0.3 is 10.6 Å². The summed E-state index contributed by atoms with van der Waals surface area (Å²) in [6, 6.07) is 11.4. The van der Waals surface area contributed by atoms with Gasteiger partial charge >= 0.3 is 0 Å². The van der Waals surface area contributed by atoms with Crippen molar-refractivity contribution < 1.29 is 13.6 Å². The van der Waals surface area contributed by atoms with Crippen LogP contribution in [0.25, 0.3) is 0 Å². The summed E-state index contributed by atoms with van der Waals surface area (Å²) in [4.78, 5) is 13.6. The van der Waals surface area contributed by atoms with E-state index in [1.54, 1.807) is 24.3 Å². The van der Waals surface area contributed by atoms with Crippen LogP contribution < -0.4 is 5.73 Å². The van der Waals surface area contributed by atoms with E-state index in [9.17, 15) is 13.6 Å². The van der Waals surface area contributed by atoms with E-state index in [-0.39, 0.29) is 18.0 Å². The Balaban J connectivity index is 2.09. The molecule has 2 aromatic rings. The fourth-order valence-electron chi connectivity index (χ4n) is 2.02. The lowest BCUT2D eigenvalue weighted by atomic mass is 10.1. The van der Waals surface area contributed by atoms with Gasteiger partial charge in [0.15, 0.2) is 0 Å². The Hall–Kier alpha value is -2.27. The molecular formula is C16H16F2N2O. The quantitative estimate of drug-likeness (QED) is 0.941. The number of halogens is 2. The van der Waals surface area contributed by atoms with Gasteiger partial charge in [0.25, 0.3) is 0 Å². The van der Waals surface area contributed by atoms with Gasteiger partial charge in [0.2, 0.25) is 5.91 Å². The van der Waals surface area contributed by atoms with Gasteiger partial charge in [-0.1, -0.05) is 36.4 Å². The third-order valence-electron chi connectivity index (χ3n) is 3.22. The molecule has 3 nitrogen and oxygen atoms in total. The molecule has 0 radical (unpaired) electrons. The van der Waals surface area contributed by atoms with E-state index in [1.165, 1.54) is 18.0 Å². The van der Waals surface area contributed by atoms with Crippen LogP contribution in [0.2, 0.25) is 0 Å². The highest BCUT2D eigenvalue weighted by Crippen LogP contribution is 2.16. The van der Waals surface area contributed by atoms with Crippen LogP contribution in [-0.2, 0) is 11.3 Å². The predicted molar refractivity (Wildman–Crippen MR) is 76.2 cm³/mol. The monoisotopic (exact) mass is 290 g/mol. The molecule has 21 heavy (non-hydrogen) atoms. The van der Waals surface area contributed by atoms with Crippen molar-refractivity contribution in [3.63, 3.8) is 0 Å². The van der Waals surface area contributed by atoms with Gasteiger partial charge in [0, 0.05) is 25.2 Å². The molecule has 0 saturated carbocycles. The molecule has 0 bridgehead atoms.